The van der Waals surface area contributed by atoms with Crippen LogP contribution in [0.25, 0.3) is 11.1 Å². The van der Waals surface area contributed by atoms with Crippen LogP contribution >= 0.6 is 0 Å². The molecule has 2 aromatic rings. The first-order chi connectivity index (χ1) is 19.3. The number of nitrogens with zero attached hydrogens (tertiary/aromatic N) is 3. The lowest BCUT2D eigenvalue weighted by Gasteiger charge is -2.36. The number of aromatic nitrogens is 1. The smallest absolute Gasteiger partial charge is 0.406 e. The van der Waals surface area contributed by atoms with Crippen LogP contribution in [0.4, 0.5) is 5.69 Å². The summed E-state index contributed by atoms with van der Waals surface area (Å²) in [6, 6.07) is 4.03. The van der Waals surface area contributed by atoms with Crippen LogP contribution in [0.5, 0.6) is 0 Å². The number of nitrogens with one attached hydrogen (secondary N) is 3. The number of piperazine rings is 1. The van der Waals surface area contributed by atoms with E-state index < -0.39 is 41.5 Å². The number of para-hydroxylation sites is 1. The summed E-state index contributed by atoms with van der Waals surface area (Å²) in [6.07, 6.45) is 4.23. The molecule has 3 aliphatic heterocycles. The number of benzene rings is 1. The minimum atomic E-state index is -1.02. The fourth-order valence-corrected chi connectivity index (χ4v) is 5.83. The van der Waals surface area contributed by atoms with Gasteiger partial charge in [-0.05, 0) is 25.0 Å². The van der Waals surface area contributed by atoms with Crippen LogP contribution in [-0.2, 0) is 24.0 Å². The zero-order valence-corrected chi connectivity index (χ0v) is 21.6. The summed E-state index contributed by atoms with van der Waals surface area (Å²) in [5.41, 5.74) is 2.48. The van der Waals surface area contributed by atoms with Crippen molar-refractivity contribution in [1.82, 2.24) is 25.4 Å². The third kappa shape index (κ3) is 4.51. The molecule has 0 bridgehead atoms. The quantitative estimate of drug-likeness (QED) is 0.406. The highest BCUT2D eigenvalue weighted by molar-refractivity contribution is 6.23. The van der Waals surface area contributed by atoms with E-state index in [2.05, 4.69) is 20.5 Å². The Balaban J connectivity index is 1.03. The van der Waals surface area contributed by atoms with Crippen molar-refractivity contribution >= 4 is 46.3 Å². The molecule has 2 unspecified atom stereocenters. The van der Waals surface area contributed by atoms with Crippen LogP contribution < -0.4 is 21.3 Å². The van der Waals surface area contributed by atoms with Crippen molar-refractivity contribution in [3.05, 3.63) is 52.0 Å². The molecular weight excluding hydrogens is 520 g/mol. The molecule has 2 saturated heterocycles. The Morgan fingerprint density at radius 1 is 1.05 bits per heavy atom. The molecule has 0 radical (unpaired) electrons. The first kappa shape index (κ1) is 25.7. The van der Waals surface area contributed by atoms with Crippen LogP contribution in [0, 0.1) is 0 Å². The van der Waals surface area contributed by atoms with Crippen molar-refractivity contribution in [3.8, 4) is 0 Å². The van der Waals surface area contributed by atoms with E-state index in [0.29, 0.717) is 55.8 Å². The highest BCUT2D eigenvalue weighted by Gasteiger charge is 2.47. The number of oxazole rings is 1. The van der Waals surface area contributed by atoms with Crippen molar-refractivity contribution < 1.29 is 28.4 Å². The van der Waals surface area contributed by atoms with E-state index in [1.807, 2.05) is 12.1 Å². The summed E-state index contributed by atoms with van der Waals surface area (Å²) in [4.78, 5) is 82.2. The molecule has 5 amide bonds. The minimum absolute atomic E-state index is 0.0296. The number of fused-ring (bicyclic) bond motifs is 1. The summed E-state index contributed by atoms with van der Waals surface area (Å²) in [7, 11) is 0. The lowest BCUT2D eigenvalue weighted by atomic mass is 9.94. The van der Waals surface area contributed by atoms with E-state index in [1.54, 1.807) is 23.1 Å². The maximum absolute atomic E-state index is 13.3. The predicted octanol–water partition coefficient (Wildman–Crippen LogP) is -0.451. The summed E-state index contributed by atoms with van der Waals surface area (Å²) in [5, 5.41) is 5.44. The van der Waals surface area contributed by atoms with Crippen LogP contribution in [0.3, 0.4) is 0 Å². The Labute approximate surface area is 227 Å². The van der Waals surface area contributed by atoms with Gasteiger partial charge in [-0.25, -0.2) is 4.79 Å². The monoisotopic (exact) mass is 548 g/mol. The number of hydrogen-bond donors (Lipinski definition) is 3. The van der Waals surface area contributed by atoms with Gasteiger partial charge in [-0.1, -0.05) is 18.2 Å². The first-order valence-corrected chi connectivity index (χ1v) is 13.3. The van der Waals surface area contributed by atoms with E-state index in [4.69, 9.17) is 4.42 Å². The standard InChI is InChI=1S/C27H28N6O7/c34-20-8-7-19(24(36)30-20)33-25(37)15-3-1-4-16(22(15)26(33)38)28-10-9-21(35)32-13-11-31(12-14-32)18-6-2-5-17-23(18)40-27(39)29-17/h1-3,5-6,16,19,28H,4,7-14H2,(H,29,39)(H,30,34,36). The van der Waals surface area contributed by atoms with Gasteiger partial charge >= 0.3 is 5.76 Å². The Morgan fingerprint density at radius 3 is 2.62 bits per heavy atom. The van der Waals surface area contributed by atoms with Gasteiger partial charge in [0.05, 0.1) is 16.8 Å². The van der Waals surface area contributed by atoms with Crippen LogP contribution in [-0.4, -0.2) is 89.1 Å². The Hall–Kier alpha value is -4.52. The van der Waals surface area contributed by atoms with Gasteiger partial charge in [-0.2, -0.15) is 0 Å². The normalized spacial score (nSPS) is 23.4. The zero-order chi connectivity index (χ0) is 28.0. The molecule has 2 fully saturated rings. The average Bonchev–Trinajstić information content (AvgIpc) is 3.45. The zero-order valence-electron chi connectivity index (χ0n) is 21.6. The van der Waals surface area contributed by atoms with Gasteiger partial charge in [0.1, 0.15) is 6.04 Å². The van der Waals surface area contributed by atoms with Crippen molar-refractivity contribution in [1.29, 1.82) is 0 Å². The molecule has 4 aliphatic rings. The van der Waals surface area contributed by atoms with Gasteiger partial charge < -0.3 is 19.5 Å². The minimum Gasteiger partial charge on any atom is -0.406 e. The van der Waals surface area contributed by atoms with E-state index in [1.165, 1.54) is 0 Å². The number of hydrogen-bond acceptors (Lipinski definition) is 9. The van der Waals surface area contributed by atoms with Crippen molar-refractivity contribution in [3.63, 3.8) is 0 Å². The second kappa shape index (κ2) is 10.2. The van der Waals surface area contributed by atoms with Crippen molar-refractivity contribution in [2.75, 3.05) is 37.6 Å². The molecule has 0 saturated carbocycles. The average molecular weight is 549 g/mol. The van der Waals surface area contributed by atoms with Crippen LogP contribution in [0.2, 0.25) is 0 Å². The molecule has 6 rings (SSSR count). The molecular formula is C27H28N6O7. The van der Waals surface area contributed by atoms with Gasteiger partial charge in [-0.3, -0.25) is 39.2 Å². The summed E-state index contributed by atoms with van der Waals surface area (Å²) in [6.45, 7) is 2.51. The highest BCUT2D eigenvalue weighted by atomic mass is 16.4. The maximum Gasteiger partial charge on any atom is 0.417 e. The molecule has 1 aromatic heterocycles. The number of rotatable bonds is 6. The number of H-pyrrole nitrogens is 1. The summed E-state index contributed by atoms with van der Waals surface area (Å²) >= 11 is 0. The molecule has 208 valence electrons. The summed E-state index contributed by atoms with van der Waals surface area (Å²) in [5.74, 6) is -2.68. The molecule has 3 N–H and O–H groups in total. The van der Waals surface area contributed by atoms with E-state index in [-0.39, 0.29) is 30.7 Å². The lowest BCUT2D eigenvalue weighted by Crippen LogP contribution is -2.55. The fraction of sp³-hybridized carbons (Fsp3) is 0.407. The number of carbonyl (C=O) groups is 5. The van der Waals surface area contributed by atoms with Crippen molar-refractivity contribution in [2.45, 2.75) is 37.8 Å². The number of imide groups is 2. The number of amides is 5. The third-order valence-electron chi connectivity index (χ3n) is 7.84. The molecule has 1 aliphatic carbocycles. The van der Waals surface area contributed by atoms with Gasteiger partial charge in [0, 0.05) is 57.2 Å². The van der Waals surface area contributed by atoms with Crippen LogP contribution in [0.1, 0.15) is 25.7 Å². The Kier molecular flexibility index (Phi) is 6.58. The maximum atomic E-state index is 13.3. The molecule has 40 heavy (non-hydrogen) atoms. The largest absolute Gasteiger partial charge is 0.417 e. The third-order valence-corrected chi connectivity index (χ3v) is 7.84. The Morgan fingerprint density at radius 2 is 1.85 bits per heavy atom. The number of carbonyl (C=O) groups excluding carboxylic acids is 5. The molecule has 1 aromatic carbocycles. The number of piperidine rings is 1. The molecule has 0 spiro atoms. The summed E-state index contributed by atoms with van der Waals surface area (Å²) < 4.78 is 5.30. The Bertz CT molecular complexity index is 1540. The molecule has 4 heterocycles. The second-order valence-electron chi connectivity index (χ2n) is 10.2. The van der Waals surface area contributed by atoms with Gasteiger partial charge in [0.25, 0.3) is 11.8 Å². The molecule has 13 nitrogen and oxygen atoms in total. The van der Waals surface area contributed by atoms with E-state index >= 15 is 0 Å². The van der Waals surface area contributed by atoms with E-state index in [0.717, 1.165) is 10.6 Å². The van der Waals surface area contributed by atoms with E-state index in [9.17, 15) is 28.8 Å². The van der Waals surface area contributed by atoms with Crippen molar-refractivity contribution in [2.24, 2.45) is 0 Å². The topological polar surface area (TPSA) is 165 Å². The molecule has 13 heteroatoms. The predicted molar refractivity (Wildman–Crippen MR) is 141 cm³/mol. The highest BCUT2D eigenvalue weighted by Crippen LogP contribution is 2.32. The molecule has 2 atom stereocenters. The van der Waals surface area contributed by atoms with Gasteiger partial charge in [-0.15, -0.1) is 0 Å². The van der Waals surface area contributed by atoms with Gasteiger partial charge in [0.15, 0.2) is 5.58 Å². The number of aromatic amines is 1. The van der Waals surface area contributed by atoms with Crippen LogP contribution in [0.15, 0.2) is 50.7 Å². The SMILES string of the molecule is O=C1CCC(N2C(=O)C3=C(C2=O)C(NCCC(=O)N2CCN(c4cccc5[nH]c(=O)oc45)CC2)CC=C3)C(=O)N1. The lowest BCUT2D eigenvalue weighted by molar-refractivity contribution is -0.150. The number of anilines is 1. The first-order valence-electron chi connectivity index (χ1n) is 13.3. The second-order valence-corrected chi connectivity index (χ2v) is 10.2. The van der Waals surface area contributed by atoms with Gasteiger partial charge in [0.2, 0.25) is 17.7 Å². The fourth-order valence-electron chi connectivity index (χ4n) is 5.83.